The van der Waals surface area contributed by atoms with Gasteiger partial charge in [0.2, 0.25) is 0 Å². The van der Waals surface area contributed by atoms with E-state index in [1.165, 1.54) is 74.9 Å². The van der Waals surface area contributed by atoms with Gasteiger partial charge in [-0.2, -0.15) is 13.7 Å². The zero-order valence-corrected chi connectivity index (χ0v) is 22.5. The van der Waals surface area contributed by atoms with Gasteiger partial charge in [0.1, 0.15) is 16.5 Å². The lowest BCUT2D eigenvalue weighted by Gasteiger charge is -2.16. The van der Waals surface area contributed by atoms with E-state index in [0.717, 1.165) is 0 Å². The Bertz CT molecular complexity index is 1570. The Morgan fingerprint density at radius 2 is 1.74 bits per heavy atom. The Morgan fingerprint density at radius 3 is 2.31 bits per heavy atom. The molecule has 0 spiro atoms. The molecule has 0 radical (unpaired) electrons. The zero-order valence-electron chi connectivity index (χ0n) is 20.9. The molecule has 0 aliphatic rings. The highest BCUT2D eigenvalue weighted by molar-refractivity contribution is 7.87. The number of nitrogens with zero attached hydrogens (tertiary/aromatic N) is 1. The lowest BCUT2D eigenvalue weighted by atomic mass is 10.0. The first-order chi connectivity index (χ1) is 18.6. The van der Waals surface area contributed by atoms with E-state index in [2.05, 4.69) is 16.6 Å². The minimum absolute atomic E-state index is 0.0573. The molecule has 0 aromatic heterocycles. The number of allylic oxidation sites excluding steroid dienone is 1. The number of hydrogen-bond acceptors (Lipinski definition) is 8. The highest BCUT2D eigenvalue weighted by Gasteiger charge is 2.23. The summed E-state index contributed by atoms with van der Waals surface area (Å²) in [5.41, 5.74) is 1.20. The monoisotopic (exact) mass is 566 g/mol. The summed E-state index contributed by atoms with van der Waals surface area (Å²) < 4.78 is 41.3. The van der Waals surface area contributed by atoms with Crippen molar-refractivity contribution < 1.29 is 31.7 Å². The molecule has 0 fully saturated rings. The Morgan fingerprint density at radius 1 is 1.08 bits per heavy atom. The van der Waals surface area contributed by atoms with Crippen LogP contribution in [0.2, 0.25) is 5.02 Å². The zero-order chi connectivity index (χ0) is 28.6. The highest BCUT2D eigenvalue weighted by atomic mass is 35.5. The number of nitrogens with one attached hydrogen (secondary N) is 1. The second-order valence-corrected chi connectivity index (χ2v) is 9.87. The number of ether oxygens (including phenoxy) is 2. The smallest absolute Gasteiger partial charge is 0.339 e. The molecule has 0 unspecified atom stereocenters. The summed E-state index contributed by atoms with van der Waals surface area (Å²) >= 11 is 5.86. The molecule has 0 bridgehead atoms. The number of halogens is 1. The summed E-state index contributed by atoms with van der Waals surface area (Å²) in [5.74, 6) is -1.21. The number of rotatable bonds is 10. The van der Waals surface area contributed by atoms with Crippen molar-refractivity contribution in [3.05, 3.63) is 101 Å². The maximum atomic E-state index is 12.9. The van der Waals surface area contributed by atoms with Gasteiger partial charge in [-0.15, -0.1) is 6.58 Å². The molecule has 200 valence electrons. The Hall–Kier alpha value is -4.59. The second-order valence-electron chi connectivity index (χ2n) is 7.89. The van der Waals surface area contributed by atoms with Gasteiger partial charge in [0, 0.05) is 16.3 Å². The van der Waals surface area contributed by atoms with Crippen LogP contribution in [0, 0.1) is 11.3 Å². The van der Waals surface area contributed by atoms with Gasteiger partial charge >= 0.3 is 16.1 Å². The third-order valence-electron chi connectivity index (χ3n) is 5.27. The van der Waals surface area contributed by atoms with Crippen LogP contribution in [-0.4, -0.2) is 34.5 Å². The molecule has 0 saturated carbocycles. The van der Waals surface area contributed by atoms with E-state index in [4.69, 9.17) is 20.5 Å². The number of benzene rings is 3. The lowest BCUT2D eigenvalue weighted by molar-refractivity contribution is -0.112. The number of anilines is 1. The van der Waals surface area contributed by atoms with Gasteiger partial charge in [-0.1, -0.05) is 17.7 Å². The van der Waals surface area contributed by atoms with Gasteiger partial charge in [-0.25, -0.2) is 4.79 Å². The number of methoxy groups -OCH3 is 2. The normalized spacial score (nSPS) is 11.2. The van der Waals surface area contributed by atoms with E-state index >= 15 is 0 Å². The number of hydrogen-bond donors (Lipinski definition) is 1. The van der Waals surface area contributed by atoms with Gasteiger partial charge in [-0.05, 0) is 78.7 Å². The first-order valence-electron chi connectivity index (χ1n) is 11.2. The summed E-state index contributed by atoms with van der Waals surface area (Å²) in [4.78, 5) is 24.3. The summed E-state index contributed by atoms with van der Waals surface area (Å²) in [6, 6.07) is 16.3. The van der Waals surface area contributed by atoms with Crippen molar-refractivity contribution in [1.82, 2.24) is 0 Å². The molecule has 11 heteroatoms. The van der Waals surface area contributed by atoms with Gasteiger partial charge in [0.05, 0.1) is 19.8 Å². The molecule has 3 rings (SSSR count). The maximum absolute atomic E-state index is 12.9. The van der Waals surface area contributed by atoms with E-state index in [9.17, 15) is 23.3 Å². The van der Waals surface area contributed by atoms with Crippen LogP contribution in [0.4, 0.5) is 5.69 Å². The third-order valence-corrected chi connectivity index (χ3v) is 6.76. The first-order valence-corrected chi connectivity index (χ1v) is 13.0. The minimum Gasteiger partial charge on any atom is -0.493 e. The summed E-state index contributed by atoms with van der Waals surface area (Å²) in [6.45, 7) is 3.70. The van der Waals surface area contributed by atoms with E-state index in [0.29, 0.717) is 27.4 Å². The third kappa shape index (κ3) is 7.25. The molecule has 0 aliphatic carbocycles. The SMILES string of the molecule is C=CCc1cc(/C=C(\C#N)C(=O)Nc2ccc(C(=O)OC)cc2)cc(OC)c1OS(=O)(=O)c1ccc(Cl)cc1. The van der Waals surface area contributed by atoms with Crippen molar-refractivity contribution in [2.24, 2.45) is 0 Å². The molecule has 0 atom stereocenters. The van der Waals surface area contributed by atoms with Gasteiger partial charge in [0.25, 0.3) is 5.91 Å². The van der Waals surface area contributed by atoms with E-state index in [1.807, 2.05) is 6.07 Å². The molecule has 1 amide bonds. The molecule has 39 heavy (non-hydrogen) atoms. The van der Waals surface area contributed by atoms with Crippen molar-refractivity contribution >= 4 is 45.4 Å². The van der Waals surface area contributed by atoms with Crippen LogP contribution >= 0.6 is 11.6 Å². The van der Waals surface area contributed by atoms with Crippen LogP contribution in [0.5, 0.6) is 11.5 Å². The number of amides is 1. The maximum Gasteiger partial charge on any atom is 0.339 e. The Balaban J connectivity index is 1.94. The fourth-order valence-electron chi connectivity index (χ4n) is 3.40. The summed E-state index contributed by atoms with van der Waals surface area (Å²) in [5, 5.41) is 12.6. The fraction of sp³-hybridized carbons (Fsp3) is 0.107. The quantitative estimate of drug-likeness (QED) is 0.117. The standard InChI is InChI=1S/C28H23ClN2O7S/c1-4-5-20-14-18(15-21(17-30)27(32)31-23-10-6-19(7-11-23)28(33)37-3)16-25(36-2)26(20)38-39(34,35)24-12-8-22(29)9-13-24/h4,6-16H,1,5H2,2-3H3,(H,31,32)/b21-15+. The molecular formula is C28H23ClN2O7S. The molecule has 0 aliphatic heterocycles. The van der Waals surface area contributed by atoms with Crippen LogP contribution in [0.1, 0.15) is 21.5 Å². The highest BCUT2D eigenvalue weighted by Crippen LogP contribution is 2.36. The fourth-order valence-corrected chi connectivity index (χ4v) is 4.50. The number of nitriles is 1. The van der Waals surface area contributed by atoms with Crippen molar-refractivity contribution in [3.63, 3.8) is 0 Å². The summed E-state index contributed by atoms with van der Waals surface area (Å²) in [7, 11) is -1.65. The lowest BCUT2D eigenvalue weighted by Crippen LogP contribution is -2.14. The second kappa shape index (κ2) is 12.8. The van der Waals surface area contributed by atoms with Crippen molar-refractivity contribution in [2.45, 2.75) is 11.3 Å². The van der Waals surface area contributed by atoms with Crippen LogP contribution < -0.4 is 14.2 Å². The van der Waals surface area contributed by atoms with Gasteiger partial charge < -0.3 is 19.0 Å². The van der Waals surface area contributed by atoms with Crippen LogP contribution in [0.15, 0.2) is 83.8 Å². The van der Waals surface area contributed by atoms with Gasteiger partial charge in [-0.3, -0.25) is 4.79 Å². The predicted octanol–water partition coefficient (Wildman–Crippen LogP) is 5.18. The number of carbonyl (C=O) groups excluding carboxylic acids is 2. The molecule has 0 heterocycles. The minimum atomic E-state index is -4.24. The largest absolute Gasteiger partial charge is 0.493 e. The van der Waals surface area contributed by atoms with Gasteiger partial charge in [0.15, 0.2) is 11.5 Å². The summed E-state index contributed by atoms with van der Waals surface area (Å²) in [6.07, 6.45) is 3.06. The topological polar surface area (TPSA) is 132 Å². The van der Waals surface area contributed by atoms with Crippen molar-refractivity contribution in [2.75, 3.05) is 19.5 Å². The molecule has 0 saturated heterocycles. The molecule has 1 N–H and O–H groups in total. The van der Waals surface area contributed by atoms with E-state index in [-0.39, 0.29) is 28.4 Å². The average molecular weight is 567 g/mol. The molecule has 3 aromatic rings. The average Bonchev–Trinajstić information content (AvgIpc) is 2.93. The first kappa shape index (κ1) is 29.0. The number of carbonyl (C=O) groups is 2. The van der Waals surface area contributed by atoms with Crippen molar-refractivity contribution in [3.8, 4) is 17.6 Å². The Labute approximate surface area is 231 Å². The van der Waals surface area contributed by atoms with Crippen LogP contribution in [-0.2, 0) is 26.1 Å². The molecule has 9 nitrogen and oxygen atoms in total. The van der Waals surface area contributed by atoms with E-state index < -0.39 is 22.0 Å². The van der Waals surface area contributed by atoms with Crippen LogP contribution in [0.3, 0.4) is 0 Å². The molecule has 3 aromatic carbocycles. The molecular weight excluding hydrogens is 544 g/mol. The van der Waals surface area contributed by atoms with Crippen molar-refractivity contribution in [1.29, 1.82) is 5.26 Å². The Kier molecular flexibility index (Phi) is 9.49. The number of esters is 1. The van der Waals surface area contributed by atoms with E-state index in [1.54, 1.807) is 12.1 Å². The predicted molar refractivity (Wildman–Crippen MR) is 146 cm³/mol. The van der Waals surface area contributed by atoms with Crippen LogP contribution in [0.25, 0.3) is 6.08 Å².